The van der Waals surface area contributed by atoms with Crippen molar-refractivity contribution in [1.29, 1.82) is 0 Å². The molecule has 2 rings (SSSR count). The predicted molar refractivity (Wildman–Crippen MR) is 53.5 cm³/mol. The van der Waals surface area contributed by atoms with Crippen LogP contribution in [-0.4, -0.2) is 36.8 Å². The average Bonchev–Trinajstić information content (AvgIpc) is 2.47. The lowest BCUT2D eigenvalue weighted by Crippen LogP contribution is -2.43. The van der Waals surface area contributed by atoms with Crippen LogP contribution in [0, 0.1) is 23.7 Å². The van der Waals surface area contributed by atoms with Gasteiger partial charge in [-0.3, -0.25) is 0 Å². The van der Waals surface area contributed by atoms with Gasteiger partial charge in [-0.25, -0.2) is 0 Å². The Labute approximate surface area is 80.9 Å². The molecule has 0 aromatic heterocycles. The van der Waals surface area contributed by atoms with Gasteiger partial charge in [0.15, 0.2) is 0 Å². The van der Waals surface area contributed by atoms with Crippen LogP contribution in [0.5, 0.6) is 0 Å². The normalized spacial score (nSPS) is 46.4. The number of hydrogen-bond donors (Lipinski definition) is 1. The van der Waals surface area contributed by atoms with Gasteiger partial charge in [0.05, 0.1) is 0 Å². The molecule has 2 fully saturated rings. The van der Waals surface area contributed by atoms with E-state index in [0.717, 1.165) is 17.8 Å². The summed E-state index contributed by atoms with van der Waals surface area (Å²) in [7, 11) is 2.21. The fourth-order valence-electron chi connectivity index (χ4n) is 3.46. The molecule has 0 unspecified atom stereocenters. The molecule has 0 bridgehead atoms. The molecular weight excluding hydrogens is 162 g/mol. The molecule has 1 aliphatic carbocycles. The quantitative estimate of drug-likeness (QED) is 0.660. The molecular formula is C11H21NO. The number of likely N-dealkylation sites (tertiary alicyclic amines) is 1. The van der Waals surface area contributed by atoms with E-state index in [-0.39, 0.29) is 0 Å². The zero-order chi connectivity index (χ0) is 9.42. The summed E-state index contributed by atoms with van der Waals surface area (Å²) in [5.74, 6) is 3.10. The SMILES string of the molecule is C[C@@H]1CN(C)C[C@@H]2[C@@H](CO)CC[C@@H]21. The maximum Gasteiger partial charge on any atom is 0.0462 e. The summed E-state index contributed by atoms with van der Waals surface area (Å²) < 4.78 is 0. The van der Waals surface area contributed by atoms with Gasteiger partial charge in [0.2, 0.25) is 0 Å². The van der Waals surface area contributed by atoms with Crippen molar-refractivity contribution in [3.05, 3.63) is 0 Å². The third kappa shape index (κ3) is 1.62. The van der Waals surface area contributed by atoms with Gasteiger partial charge in [-0.05, 0) is 43.6 Å². The standard InChI is InChI=1S/C11H21NO/c1-8-5-12(2)6-11-9(7-13)3-4-10(8)11/h8-11,13H,3-7H2,1-2H3/t8-,9-,10-,11-/m1/s1. The van der Waals surface area contributed by atoms with E-state index >= 15 is 0 Å². The summed E-state index contributed by atoms with van der Waals surface area (Å²) in [6, 6.07) is 0. The molecule has 2 nitrogen and oxygen atoms in total. The fraction of sp³-hybridized carbons (Fsp3) is 1.00. The molecule has 1 aliphatic heterocycles. The van der Waals surface area contributed by atoms with E-state index in [2.05, 4.69) is 18.9 Å². The van der Waals surface area contributed by atoms with Crippen molar-refractivity contribution in [2.45, 2.75) is 19.8 Å². The van der Waals surface area contributed by atoms with Crippen LogP contribution in [0.4, 0.5) is 0 Å². The minimum atomic E-state index is 0.404. The monoisotopic (exact) mass is 183 g/mol. The molecule has 0 aromatic rings. The van der Waals surface area contributed by atoms with E-state index < -0.39 is 0 Å². The lowest BCUT2D eigenvalue weighted by atomic mass is 9.78. The second kappa shape index (κ2) is 3.58. The predicted octanol–water partition coefficient (Wildman–Crippen LogP) is 1.20. The van der Waals surface area contributed by atoms with Gasteiger partial charge in [0.25, 0.3) is 0 Å². The number of hydrogen-bond acceptors (Lipinski definition) is 2. The Morgan fingerprint density at radius 1 is 1.23 bits per heavy atom. The number of rotatable bonds is 1. The smallest absolute Gasteiger partial charge is 0.0462 e. The van der Waals surface area contributed by atoms with E-state index in [9.17, 15) is 5.11 Å². The lowest BCUT2D eigenvalue weighted by molar-refractivity contribution is 0.0700. The molecule has 1 saturated heterocycles. The summed E-state index contributed by atoms with van der Waals surface area (Å²) in [5, 5.41) is 9.26. The second-order valence-corrected chi connectivity index (χ2v) is 5.05. The zero-order valence-corrected chi connectivity index (χ0v) is 8.74. The van der Waals surface area contributed by atoms with Crippen molar-refractivity contribution < 1.29 is 5.11 Å². The van der Waals surface area contributed by atoms with E-state index in [1.165, 1.54) is 25.9 Å². The second-order valence-electron chi connectivity index (χ2n) is 5.05. The van der Waals surface area contributed by atoms with Gasteiger partial charge >= 0.3 is 0 Å². The van der Waals surface area contributed by atoms with Crippen molar-refractivity contribution in [3.8, 4) is 0 Å². The Hall–Kier alpha value is -0.0800. The molecule has 2 heteroatoms. The summed E-state index contributed by atoms with van der Waals surface area (Å²) in [4.78, 5) is 2.43. The van der Waals surface area contributed by atoms with Gasteiger partial charge < -0.3 is 10.0 Å². The molecule has 13 heavy (non-hydrogen) atoms. The number of piperidine rings is 1. The van der Waals surface area contributed by atoms with Crippen LogP contribution in [0.1, 0.15) is 19.8 Å². The maximum absolute atomic E-state index is 9.26. The highest BCUT2D eigenvalue weighted by Gasteiger charge is 2.41. The first-order valence-electron chi connectivity index (χ1n) is 5.51. The third-order valence-corrected chi connectivity index (χ3v) is 4.11. The van der Waals surface area contributed by atoms with Crippen molar-refractivity contribution in [3.63, 3.8) is 0 Å². The van der Waals surface area contributed by atoms with Crippen molar-refractivity contribution in [2.75, 3.05) is 26.7 Å². The lowest BCUT2D eigenvalue weighted by Gasteiger charge is -2.39. The fourth-order valence-corrected chi connectivity index (χ4v) is 3.46. The van der Waals surface area contributed by atoms with E-state index in [1.54, 1.807) is 0 Å². The largest absolute Gasteiger partial charge is 0.396 e. The highest BCUT2D eigenvalue weighted by Crippen LogP contribution is 2.43. The molecule has 0 spiro atoms. The number of aliphatic hydroxyl groups is 1. The Morgan fingerprint density at radius 2 is 2.00 bits per heavy atom. The zero-order valence-electron chi connectivity index (χ0n) is 8.74. The van der Waals surface area contributed by atoms with Crippen molar-refractivity contribution in [2.24, 2.45) is 23.7 Å². The summed E-state index contributed by atoms with van der Waals surface area (Å²) in [6.45, 7) is 5.23. The summed E-state index contributed by atoms with van der Waals surface area (Å²) in [6.07, 6.45) is 2.61. The number of aliphatic hydroxyl groups excluding tert-OH is 1. The molecule has 1 saturated carbocycles. The van der Waals surface area contributed by atoms with Gasteiger partial charge in [0, 0.05) is 19.7 Å². The van der Waals surface area contributed by atoms with E-state index in [4.69, 9.17) is 0 Å². The average molecular weight is 183 g/mol. The minimum absolute atomic E-state index is 0.404. The molecule has 0 amide bonds. The van der Waals surface area contributed by atoms with Crippen molar-refractivity contribution >= 4 is 0 Å². The van der Waals surface area contributed by atoms with Crippen LogP contribution in [0.25, 0.3) is 0 Å². The molecule has 0 aromatic carbocycles. The minimum Gasteiger partial charge on any atom is -0.396 e. The molecule has 76 valence electrons. The van der Waals surface area contributed by atoms with Crippen LogP contribution in [-0.2, 0) is 0 Å². The maximum atomic E-state index is 9.26. The number of nitrogens with zero attached hydrogens (tertiary/aromatic N) is 1. The highest BCUT2D eigenvalue weighted by molar-refractivity contribution is 4.92. The van der Waals surface area contributed by atoms with Gasteiger partial charge in [-0.15, -0.1) is 0 Å². The first-order chi connectivity index (χ1) is 6.22. The van der Waals surface area contributed by atoms with Crippen LogP contribution in [0.15, 0.2) is 0 Å². The third-order valence-electron chi connectivity index (χ3n) is 4.11. The van der Waals surface area contributed by atoms with Crippen LogP contribution >= 0.6 is 0 Å². The van der Waals surface area contributed by atoms with Crippen molar-refractivity contribution in [1.82, 2.24) is 4.90 Å². The summed E-state index contributed by atoms with van der Waals surface area (Å²) in [5.41, 5.74) is 0. The van der Waals surface area contributed by atoms with Gasteiger partial charge in [-0.2, -0.15) is 0 Å². The Balaban J connectivity index is 2.07. The van der Waals surface area contributed by atoms with E-state index in [0.29, 0.717) is 12.5 Å². The first-order valence-corrected chi connectivity index (χ1v) is 5.51. The molecule has 1 heterocycles. The number of fused-ring (bicyclic) bond motifs is 1. The molecule has 4 atom stereocenters. The van der Waals surface area contributed by atoms with Crippen LogP contribution in [0.3, 0.4) is 0 Å². The molecule has 1 N–H and O–H groups in total. The molecule has 0 radical (unpaired) electrons. The highest BCUT2D eigenvalue weighted by atomic mass is 16.3. The first kappa shape index (κ1) is 9.47. The van der Waals surface area contributed by atoms with Gasteiger partial charge in [0.1, 0.15) is 0 Å². The Kier molecular flexibility index (Phi) is 2.61. The summed E-state index contributed by atoms with van der Waals surface area (Å²) >= 11 is 0. The topological polar surface area (TPSA) is 23.5 Å². The Bertz CT molecular complexity index is 183. The molecule has 2 aliphatic rings. The van der Waals surface area contributed by atoms with Crippen LogP contribution < -0.4 is 0 Å². The van der Waals surface area contributed by atoms with Gasteiger partial charge in [-0.1, -0.05) is 6.92 Å². The Morgan fingerprint density at radius 3 is 2.69 bits per heavy atom. The van der Waals surface area contributed by atoms with Crippen LogP contribution in [0.2, 0.25) is 0 Å². The van der Waals surface area contributed by atoms with E-state index in [1.807, 2.05) is 0 Å².